The number of rotatable bonds is 4. The van der Waals surface area contributed by atoms with Gasteiger partial charge in [0.1, 0.15) is 11.4 Å². The lowest BCUT2D eigenvalue weighted by Crippen LogP contribution is -2.24. The zero-order valence-electron chi connectivity index (χ0n) is 11.3. The van der Waals surface area contributed by atoms with Crippen molar-refractivity contribution in [2.75, 3.05) is 18.0 Å². The van der Waals surface area contributed by atoms with E-state index in [2.05, 4.69) is 16.9 Å². The predicted octanol–water partition coefficient (Wildman–Crippen LogP) is 2.05. The van der Waals surface area contributed by atoms with Gasteiger partial charge in [-0.1, -0.05) is 13.3 Å². The summed E-state index contributed by atoms with van der Waals surface area (Å²) >= 11 is 0. The van der Waals surface area contributed by atoms with Crippen LogP contribution in [0.4, 0.5) is 5.82 Å². The monoisotopic (exact) mass is 251 g/mol. The van der Waals surface area contributed by atoms with Crippen LogP contribution >= 0.6 is 0 Å². The molecule has 0 spiro atoms. The van der Waals surface area contributed by atoms with Gasteiger partial charge in [-0.3, -0.25) is 4.68 Å². The van der Waals surface area contributed by atoms with Crippen molar-refractivity contribution < 1.29 is 9.90 Å². The number of aromatic carboxylic acids is 1. The van der Waals surface area contributed by atoms with Gasteiger partial charge in [0.2, 0.25) is 0 Å². The lowest BCUT2D eigenvalue weighted by molar-refractivity contribution is 0.0696. The Kier molecular flexibility index (Phi) is 3.59. The van der Waals surface area contributed by atoms with Gasteiger partial charge in [0.05, 0.1) is 5.69 Å². The normalized spacial score (nSPS) is 19.5. The molecular formula is C13H21N3O2. The maximum Gasteiger partial charge on any atom is 0.341 e. The molecule has 0 bridgehead atoms. The van der Waals surface area contributed by atoms with Gasteiger partial charge in [0.25, 0.3) is 0 Å². The number of carboxylic acids is 1. The van der Waals surface area contributed by atoms with E-state index in [0.29, 0.717) is 17.2 Å². The molecule has 0 aliphatic carbocycles. The molecule has 0 radical (unpaired) electrons. The van der Waals surface area contributed by atoms with E-state index in [1.807, 2.05) is 7.05 Å². The van der Waals surface area contributed by atoms with E-state index >= 15 is 0 Å². The summed E-state index contributed by atoms with van der Waals surface area (Å²) in [6, 6.07) is 0. The van der Waals surface area contributed by atoms with Gasteiger partial charge in [0, 0.05) is 20.1 Å². The highest BCUT2D eigenvalue weighted by atomic mass is 16.4. The molecule has 1 unspecified atom stereocenters. The van der Waals surface area contributed by atoms with Gasteiger partial charge in [-0.15, -0.1) is 0 Å². The SMILES string of the molecule is CCCC1CCN(c2c(C(=O)O)c(C)nn2C)C1. The van der Waals surface area contributed by atoms with Crippen LogP contribution in [0.3, 0.4) is 0 Å². The first-order chi connectivity index (χ1) is 8.54. The minimum absolute atomic E-state index is 0.356. The molecule has 1 aliphatic rings. The van der Waals surface area contributed by atoms with Crippen LogP contribution in [-0.2, 0) is 7.05 Å². The summed E-state index contributed by atoms with van der Waals surface area (Å²) in [7, 11) is 1.82. The Labute approximate surface area is 107 Å². The van der Waals surface area contributed by atoms with E-state index in [1.54, 1.807) is 11.6 Å². The van der Waals surface area contributed by atoms with Crippen molar-refractivity contribution >= 4 is 11.8 Å². The maximum atomic E-state index is 11.3. The summed E-state index contributed by atoms with van der Waals surface area (Å²) in [6.07, 6.45) is 3.56. The van der Waals surface area contributed by atoms with Gasteiger partial charge in [-0.25, -0.2) is 4.79 Å². The number of aryl methyl sites for hydroxylation is 2. The summed E-state index contributed by atoms with van der Waals surface area (Å²) in [5.41, 5.74) is 0.952. The van der Waals surface area contributed by atoms with Crippen LogP contribution in [0.1, 0.15) is 42.2 Å². The first kappa shape index (κ1) is 12.9. The van der Waals surface area contributed by atoms with E-state index in [4.69, 9.17) is 0 Å². The molecule has 1 aromatic rings. The van der Waals surface area contributed by atoms with E-state index in [-0.39, 0.29) is 0 Å². The number of anilines is 1. The lowest BCUT2D eigenvalue weighted by atomic mass is 10.0. The fourth-order valence-corrected chi connectivity index (χ4v) is 2.93. The molecule has 1 saturated heterocycles. The highest BCUT2D eigenvalue weighted by Crippen LogP contribution is 2.30. The molecule has 1 atom stereocenters. The van der Waals surface area contributed by atoms with Gasteiger partial charge in [-0.05, 0) is 25.7 Å². The third kappa shape index (κ3) is 2.21. The van der Waals surface area contributed by atoms with Gasteiger partial charge in [0.15, 0.2) is 0 Å². The average Bonchev–Trinajstić information content (AvgIpc) is 2.83. The Morgan fingerprint density at radius 1 is 1.56 bits per heavy atom. The van der Waals surface area contributed by atoms with Crippen LogP contribution in [0.15, 0.2) is 0 Å². The molecule has 0 saturated carbocycles. The van der Waals surface area contributed by atoms with Crippen molar-refractivity contribution in [1.29, 1.82) is 0 Å². The van der Waals surface area contributed by atoms with Crippen molar-refractivity contribution in [2.45, 2.75) is 33.1 Å². The van der Waals surface area contributed by atoms with Crippen LogP contribution in [0.5, 0.6) is 0 Å². The van der Waals surface area contributed by atoms with Crippen LogP contribution in [-0.4, -0.2) is 33.9 Å². The Morgan fingerprint density at radius 2 is 2.28 bits per heavy atom. The number of carboxylic acid groups (broad SMARTS) is 1. The van der Waals surface area contributed by atoms with Crippen molar-refractivity contribution in [3.63, 3.8) is 0 Å². The smallest absolute Gasteiger partial charge is 0.341 e. The summed E-state index contributed by atoms with van der Waals surface area (Å²) in [5.74, 6) is 0.569. The third-order valence-corrected chi connectivity index (χ3v) is 3.69. The molecule has 1 aromatic heterocycles. The quantitative estimate of drug-likeness (QED) is 0.889. The minimum atomic E-state index is -0.880. The van der Waals surface area contributed by atoms with Gasteiger partial charge >= 0.3 is 5.97 Å². The number of carbonyl (C=O) groups is 1. The average molecular weight is 251 g/mol. The fourth-order valence-electron chi connectivity index (χ4n) is 2.93. The number of hydrogen-bond acceptors (Lipinski definition) is 3. The van der Waals surface area contributed by atoms with E-state index in [0.717, 1.165) is 25.3 Å². The highest BCUT2D eigenvalue weighted by molar-refractivity contribution is 5.94. The standard InChI is InChI=1S/C13H21N3O2/c1-4-5-10-6-7-16(8-10)12-11(13(17)18)9(2)14-15(12)3/h10H,4-8H2,1-3H3,(H,17,18). The molecule has 2 rings (SSSR count). The summed E-state index contributed by atoms with van der Waals surface area (Å²) in [4.78, 5) is 13.5. The second-order valence-corrected chi connectivity index (χ2v) is 5.10. The van der Waals surface area contributed by atoms with Crippen molar-refractivity contribution in [1.82, 2.24) is 9.78 Å². The summed E-state index contributed by atoms with van der Waals surface area (Å²) in [5, 5.41) is 13.6. The van der Waals surface area contributed by atoms with Gasteiger partial charge < -0.3 is 10.0 Å². The van der Waals surface area contributed by atoms with Crippen molar-refractivity contribution in [3.05, 3.63) is 11.3 Å². The molecule has 5 nitrogen and oxygen atoms in total. The molecule has 18 heavy (non-hydrogen) atoms. The predicted molar refractivity (Wildman–Crippen MR) is 70.1 cm³/mol. The number of aromatic nitrogens is 2. The molecule has 0 amide bonds. The largest absolute Gasteiger partial charge is 0.477 e. The fraction of sp³-hybridized carbons (Fsp3) is 0.692. The molecule has 1 fully saturated rings. The molecule has 100 valence electrons. The van der Waals surface area contributed by atoms with Crippen LogP contribution < -0.4 is 4.90 Å². The number of nitrogens with zero attached hydrogens (tertiary/aromatic N) is 3. The van der Waals surface area contributed by atoms with Crippen LogP contribution in [0, 0.1) is 12.8 Å². The van der Waals surface area contributed by atoms with Crippen LogP contribution in [0.2, 0.25) is 0 Å². The highest BCUT2D eigenvalue weighted by Gasteiger charge is 2.29. The van der Waals surface area contributed by atoms with Crippen molar-refractivity contribution in [2.24, 2.45) is 13.0 Å². The lowest BCUT2D eigenvalue weighted by Gasteiger charge is -2.19. The Hall–Kier alpha value is -1.52. The number of hydrogen-bond donors (Lipinski definition) is 1. The Balaban J connectivity index is 2.26. The van der Waals surface area contributed by atoms with Crippen LogP contribution in [0.25, 0.3) is 0 Å². The summed E-state index contributed by atoms with van der Waals surface area (Å²) < 4.78 is 1.70. The van der Waals surface area contributed by atoms with Crippen molar-refractivity contribution in [3.8, 4) is 0 Å². The molecule has 0 aromatic carbocycles. The molecule has 2 heterocycles. The second-order valence-electron chi connectivity index (χ2n) is 5.10. The first-order valence-electron chi connectivity index (χ1n) is 6.56. The Morgan fingerprint density at radius 3 is 2.89 bits per heavy atom. The molecule has 1 aliphatic heterocycles. The van der Waals surface area contributed by atoms with Gasteiger partial charge in [-0.2, -0.15) is 5.10 Å². The first-order valence-corrected chi connectivity index (χ1v) is 6.56. The summed E-state index contributed by atoms with van der Waals surface area (Å²) in [6.45, 7) is 5.84. The second kappa shape index (κ2) is 5.00. The third-order valence-electron chi connectivity index (χ3n) is 3.69. The molecule has 5 heteroatoms. The molecular weight excluding hydrogens is 230 g/mol. The molecule has 1 N–H and O–H groups in total. The Bertz CT molecular complexity index is 453. The maximum absolute atomic E-state index is 11.3. The van der Waals surface area contributed by atoms with E-state index in [1.165, 1.54) is 12.8 Å². The topological polar surface area (TPSA) is 58.4 Å². The zero-order valence-corrected chi connectivity index (χ0v) is 11.3. The minimum Gasteiger partial charge on any atom is -0.477 e. The zero-order chi connectivity index (χ0) is 13.3. The van der Waals surface area contributed by atoms with E-state index < -0.39 is 5.97 Å². The van der Waals surface area contributed by atoms with E-state index in [9.17, 15) is 9.90 Å².